The molecule has 3 aromatic carbocycles. The minimum Gasteiger partial charge on any atom is -0.271 e. The number of carbonyl (C=O) groups excluding carboxylic acids is 1. The minimum absolute atomic E-state index is 0.0284. The van der Waals surface area contributed by atoms with Gasteiger partial charge < -0.3 is 0 Å². The van der Waals surface area contributed by atoms with Gasteiger partial charge in [0, 0.05) is 18.8 Å². The van der Waals surface area contributed by atoms with E-state index in [1.165, 1.54) is 12.1 Å². The number of amides is 2. The highest BCUT2D eigenvalue weighted by Gasteiger charge is 2.47. The molecule has 2 saturated heterocycles. The first-order chi connectivity index (χ1) is 13.7. The van der Waals surface area contributed by atoms with E-state index >= 15 is 0 Å². The second-order valence-corrected chi connectivity index (χ2v) is 7.13. The summed E-state index contributed by atoms with van der Waals surface area (Å²) in [6.07, 6.45) is 0.697. The molecule has 1 atom stereocenters. The Hall–Kier alpha value is -3.18. The Bertz CT molecular complexity index is 989. The molecule has 3 aromatic rings. The van der Waals surface area contributed by atoms with Gasteiger partial charge in [0.2, 0.25) is 0 Å². The predicted molar refractivity (Wildman–Crippen MR) is 107 cm³/mol. The van der Waals surface area contributed by atoms with Crippen LogP contribution < -0.4 is 4.90 Å². The van der Waals surface area contributed by atoms with E-state index in [2.05, 4.69) is 17.1 Å². The van der Waals surface area contributed by atoms with Crippen LogP contribution >= 0.6 is 0 Å². The quantitative estimate of drug-likeness (QED) is 0.642. The van der Waals surface area contributed by atoms with Gasteiger partial charge in [0.15, 0.2) is 0 Å². The van der Waals surface area contributed by atoms with E-state index < -0.39 is 0 Å². The maximum atomic E-state index is 13.4. The Morgan fingerprint density at radius 1 is 0.786 bits per heavy atom. The maximum absolute atomic E-state index is 13.4. The average molecular weight is 373 g/mol. The first-order valence-corrected chi connectivity index (χ1v) is 9.50. The lowest BCUT2D eigenvalue weighted by atomic mass is 10.0. The van der Waals surface area contributed by atoms with Crippen molar-refractivity contribution in [3.05, 3.63) is 90.2 Å². The Labute approximate surface area is 163 Å². The van der Waals surface area contributed by atoms with Gasteiger partial charge in [-0.3, -0.25) is 9.91 Å². The third-order valence-electron chi connectivity index (χ3n) is 5.44. The van der Waals surface area contributed by atoms with Gasteiger partial charge in [-0.05, 0) is 47.4 Å². The van der Waals surface area contributed by atoms with Crippen LogP contribution in [-0.4, -0.2) is 29.1 Å². The number of rotatable bonds is 3. The Morgan fingerprint density at radius 3 is 2.18 bits per heavy atom. The van der Waals surface area contributed by atoms with Gasteiger partial charge in [0.25, 0.3) is 0 Å². The van der Waals surface area contributed by atoms with E-state index in [-0.39, 0.29) is 18.0 Å². The van der Waals surface area contributed by atoms with Crippen molar-refractivity contribution in [1.29, 1.82) is 0 Å². The number of halogens is 1. The van der Waals surface area contributed by atoms with Crippen molar-refractivity contribution in [1.82, 2.24) is 10.0 Å². The monoisotopic (exact) mass is 373 g/mol. The molecule has 5 heteroatoms. The van der Waals surface area contributed by atoms with E-state index in [0.29, 0.717) is 0 Å². The normalized spacial score (nSPS) is 19.3. The lowest BCUT2D eigenvalue weighted by molar-refractivity contribution is 0.0727. The van der Waals surface area contributed by atoms with Crippen LogP contribution in [0.3, 0.4) is 0 Å². The molecule has 4 nitrogen and oxygen atoms in total. The zero-order valence-corrected chi connectivity index (χ0v) is 15.3. The summed E-state index contributed by atoms with van der Waals surface area (Å²) >= 11 is 0. The zero-order chi connectivity index (χ0) is 19.1. The molecule has 0 aliphatic carbocycles. The Balaban J connectivity index is 1.53. The number of hydrazine groups is 1. The van der Waals surface area contributed by atoms with Crippen LogP contribution in [0, 0.1) is 5.82 Å². The molecule has 2 amide bonds. The van der Waals surface area contributed by atoms with Crippen molar-refractivity contribution in [2.24, 2.45) is 0 Å². The van der Waals surface area contributed by atoms with Crippen LogP contribution in [-0.2, 0) is 0 Å². The van der Waals surface area contributed by atoms with Gasteiger partial charge in [-0.2, -0.15) is 5.01 Å². The summed E-state index contributed by atoms with van der Waals surface area (Å²) < 4.78 is 13.4. The fraction of sp³-hybridized carbons (Fsp3) is 0.174. The van der Waals surface area contributed by atoms with Gasteiger partial charge in [0.05, 0.1) is 0 Å². The molecule has 0 unspecified atom stereocenters. The van der Waals surface area contributed by atoms with Crippen molar-refractivity contribution in [2.75, 3.05) is 18.0 Å². The molecule has 0 saturated carbocycles. The van der Waals surface area contributed by atoms with Gasteiger partial charge in [-0.1, -0.05) is 54.6 Å². The lowest BCUT2D eigenvalue weighted by Crippen LogP contribution is -2.32. The number of nitrogens with zero attached hydrogens (tertiary/aromatic N) is 3. The van der Waals surface area contributed by atoms with Crippen molar-refractivity contribution >= 4 is 11.7 Å². The summed E-state index contributed by atoms with van der Waals surface area (Å²) in [6, 6.07) is 24.6. The number of anilines is 1. The third-order valence-corrected chi connectivity index (χ3v) is 5.44. The molecule has 2 aliphatic rings. The summed E-state index contributed by atoms with van der Waals surface area (Å²) in [4.78, 5) is 14.9. The van der Waals surface area contributed by atoms with Gasteiger partial charge in [0.1, 0.15) is 12.0 Å². The molecule has 0 radical (unpaired) electrons. The fourth-order valence-corrected chi connectivity index (χ4v) is 4.11. The third kappa shape index (κ3) is 2.75. The molecule has 0 bridgehead atoms. The van der Waals surface area contributed by atoms with Gasteiger partial charge in [-0.15, -0.1) is 0 Å². The fourth-order valence-electron chi connectivity index (χ4n) is 4.11. The number of fused-ring (bicyclic) bond motifs is 1. The van der Waals surface area contributed by atoms with Gasteiger partial charge >= 0.3 is 6.03 Å². The highest BCUT2D eigenvalue weighted by molar-refractivity contribution is 5.95. The molecule has 2 aliphatic heterocycles. The van der Waals surface area contributed by atoms with E-state index in [0.717, 1.165) is 41.9 Å². The van der Waals surface area contributed by atoms with Crippen molar-refractivity contribution in [2.45, 2.75) is 12.6 Å². The molecule has 0 aromatic heterocycles. The number of hydrogen-bond donors (Lipinski definition) is 0. The average Bonchev–Trinajstić information content (AvgIpc) is 3.32. The molecular weight excluding hydrogens is 353 g/mol. The maximum Gasteiger partial charge on any atom is 0.340 e. The summed E-state index contributed by atoms with van der Waals surface area (Å²) in [5, 5.41) is 3.89. The largest absolute Gasteiger partial charge is 0.340 e. The molecule has 0 spiro atoms. The molecule has 5 rings (SSSR count). The SMILES string of the molecule is O=C1N(c2ccc(-c3ccccc3)cc2)[C@H](c2ccc(F)cc2)N2CCCN12. The minimum atomic E-state index is -0.273. The van der Waals surface area contributed by atoms with Crippen LogP contribution in [0.2, 0.25) is 0 Å². The highest BCUT2D eigenvalue weighted by atomic mass is 19.1. The molecule has 28 heavy (non-hydrogen) atoms. The Kier molecular flexibility index (Phi) is 4.10. The summed E-state index contributed by atoms with van der Waals surface area (Å²) in [6.45, 7) is 1.53. The van der Waals surface area contributed by atoms with E-state index in [9.17, 15) is 9.18 Å². The standard InChI is InChI=1S/C23H20FN3O/c24-20-11-7-19(8-12-20)22-25-15-4-16-26(25)23(28)27(22)21-13-9-18(10-14-21)17-5-2-1-3-6-17/h1-3,5-14,22H,4,15-16H2/t22-/m1/s1. The molecule has 0 N–H and O–H groups in total. The van der Waals surface area contributed by atoms with Crippen LogP contribution in [0.15, 0.2) is 78.9 Å². The van der Waals surface area contributed by atoms with Crippen molar-refractivity contribution in [3.63, 3.8) is 0 Å². The molecule has 2 heterocycles. The Morgan fingerprint density at radius 2 is 1.46 bits per heavy atom. The van der Waals surface area contributed by atoms with Crippen LogP contribution in [0.4, 0.5) is 14.9 Å². The summed E-state index contributed by atoms with van der Waals surface area (Å²) in [7, 11) is 0. The highest BCUT2D eigenvalue weighted by Crippen LogP contribution is 2.40. The second kappa shape index (κ2) is 6.77. The number of benzene rings is 3. The van der Waals surface area contributed by atoms with E-state index in [4.69, 9.17) is 0 Å². The lowest BCUT2D eigenvalue weighted by Gasteiger charge is -2.28. The molecule has 140 valence electrons. The van der Waals surface area contributed by atoms with Crippen LogP contribution in [0.5, 0.6) is 0 Å². The first kappa shape index (κ1) is 17.0. The van der Waals surface area contributed by atoms with Crippen LogP contribution in [0.25, 0.3) is 11.1 Å². The molecular formula is C23H20FN3O. The number of hydrogen-bond acceptors (Lipinski definition) is 2. The first-order valence-electron chi connectivity index (χ1n) is 9.50. The van der Waals surface area contributed by atoms with E-state index in [1.807, 2.05) is 42.5 Å². The van der Waals surface area contributed by atoms with Crippen molar-refractivity contribution < 1.29 is 9.18 Å². The smallest absolute Gasteiger partial charge is 0.271 e. The van der Waals surface area contributed by atoms with Crippen molar-refractivity contribution in [3.8, 4) is 11.1 Å². The predicted octanol–water partition coefficient (Wildman–Crippen LogP) is 5.05. The number of urea groups is 1. The van der Waals surface area contributed by atoms with Gasteiger partial charge in [-0.25, -0.2) is 9.18 Å². The molecule has 2 fully saturated rings. The summed E-state index contributed by atoms with van der Waals surface area (Å²) in [5.74, 6) is -0.273. The zero-order valence-electron chi connectivity index (χ0n) is 15.3. The topological polar surface area (TPSA) is 26.8 Å². The van der Waals surface area contributed by atoms with Crippen LogP contribution in [0.1, 0.15) is 18.2 Å². The second-order valence-electron chi connectivity index (χ2n) is 7.13. The summed E-state index contributed by atoms with van der Waals surface area (Å²) in [5.41, 5.74) is 4.00. The number of carbonyl (C=O) groups is 1. The van der Waals surface area contributed by atoms with E-state index in [1.54, 1.807) is 22.0 Å².